The Hall–Kier alpha value is -1.84. The molecule has 2 unspecified atom stereocenters. The first-order valence-electron chi connectivity index (χ1n) is 8.33. The molecule has 2 aliphatic rings. The van der Waals surface area contributed by atoms with Crippen LogP contribution in [0.25, 0.3) is 0 Å². The zero-order chi connectivity index (χ0) is 15.5. The van der Waals surface area contributed by atoms with Crippen LogP contribution in [0.3, 0.4) is 0 Å². The minimum Gasteiger partial charge on any atom is -0.356 e. The van der Waals surface area contributed by atoms with Crippen molar-refractivity contribution >= 4 is 11.8 Å². The van der Waals surface area contributed by atoms with Gasteiger partial charge in [-0.15, -0.1) is 0 Å². The lowest BCUT2D eigenvalue weighted by atomic mass is 9.88. The predicted octanol–water partition coefficient (Wildman–Crippen LogP) is 2.51. The van der Waals surface area contributed by atoms with Crippen LogP contribution in [0.4, 0.5) is 0 Å². The van der Waals surface area contributed by atoms with Gasteiger partial charge in [0.25, 0.3) is 0 Å². The number of rotatable bonds is 4. The van der Waals surface area contributed by atoms with E-state index >= 15 is 0 Å². The minimum atomic E-state index is -0.0670. The van der Waals surface area contributed by atoms with Crippen molar-refractivity contribution in [1.29, 1.82) is 0 Å². The molecule has 2 fully saturated rings. The number of hydrogen-bond donors (Lipinski definition) is 1. The molecule has 1 aliphatic carbocycles. The van der Waals surface area contributed by atoms with Crippen molar-refractivity contribution in [2.24, 2.45) is 11.8 Å². The van der Waals surface area contributed by atoms with Crippen molar-refractivity contribution < 1.29 is 9.59 Å². The molecule has 0 aromatic heterocycles. The van der Waals surface area contributed by atoms with Crippen molar-refractivity contribution in [3.8, 4) is 0 Å². The van der Waals surface area contributed by atoms with Crippen LogP contribution >= 0.6 is 0 Å². The molecule has 2 amide bonds. The smallest absolute Gasteiger partial charge is 0.226 e. The van der Waals surface area contributed by atoms with E-state index in [1.54, 1.807) is 0 Å². The second kappa shape index (κ2) is 6.51. The highest BCUT2D eigenvalue weighted by molar-refractivity contribution is 5.84. The Morgan fingerprint density at radius 3 is 2.41 bits per heavy atom. The number of piperidine rings is 1. The van der Waals surface area contributed by atoms with Crippen molar-refractivity contribution in [1.82, 2.24) is 10.2 Å². The summed E-state index contributed by atoms with van der Waals surface area (Å²) in [5.41, 5.74) is 1.19. The Bertz CT molecular complexity index is 539. The summed E-state index contributed by atoms with van der Waals surface area (Å²) in [5.74, 6) is 0.451. The molecule has 1 aliphatic heterocycles. The van der Waals surface area contributed by atoms with Crippen molar-refractivity contribution in [2.45, 2.75) is 38.6 Å². The quantitative estimate of drug-likeness (QED) is 0.929. The van der Waals surface area contributed by atoms with Crippen LogP contribution in [0.15, 0.2) is 30.3 Å². The topological polar surface area (TPSA) is 49.4 Å². The van der Waals surface area contributed by atoms with Gasteiger partial charge in [0.05, 0.1) is 12.0 Å². The number of nitrogens with one attached hydrogen (secondary N) is 1. The molecule has 3 rings (SSSR count). The van der Waals surface area contributed by atoms with Gasteiger partial charge in [0.1, 0.15) is 0 Å². The lowest BCUT2D eigenvalue weighted by Crippen LogP contribution is -2.47. The Labute approximate surface area is 131 Å². The SMILES string of the molecule is CCNC(=O)C1CCC(c2ccccc2)N(C(=O)C2CC2)C1. The highest BCUT2D eigenvalue weighted by Crippen LogP contribution is 2.39. The largest absolute Gasteiger partial charge is 0.356 e. The molecule has 22 heavy (non-hydrogen) atoms. The summed E-state index contributed by atoms with van der Waals surface area (Å²) >= 11 is 0. The number of nitrogens with zero attached hydrogens (tertiary/aromatic N) is 1. The number of amides is 2. The molecule has 4 nitrogen and oxygen atoms in total. The fraction of sp³-hybridized carbons (Fsp3) is 0.556. The molecule has 4 heteroatoms. The van der Waals surface area contributed by atoms with E-state index in [1.165, 1.54) is 5.56 Å². The van der Waals surface area contributed by atoms with Crippen LogP contribution in [-0.4, -0.2) is 29.8 Å². The van der Waals surface area contributed by atoms with Gasteiger partial charge in [-0.05, 0) is 38.2 Å². The van der Waals surface area contributed by atoms with Gasteiger partial charge >= 0.3 is 0 Å². The third-order valence-corrected chi connectivity index (χ3v) is 4.70. The van der Waals surface area contributed by atoms with Gasteiger partial charge in [-0.1, -0.05) is 30.3 Å². The Kier molecular flexibility index (Phi) is 4.46. The van der Waals surface area contributed by atoms with Gasteiger partial charge in [0, 0.05) is 19.0 Å². The second-order valence-corrected chi connectivity index (χ2v) is 6.36. The van der Waals surface area contributed by atoms with E-state index in [4.69, 9.17) is 0 Å². The maximum absolute atomic E-state index is 12.7. The normalized spacial score (nSPS) is 24.9. The first-order chi connectivity index (χ1) is 10.7. The first kappa shape index (κ1) is 15.1. The van der Waals surface area contributed by atoms with E-state index in [1.807, 2.05) is 30.0 Å². The lowest BCUT2D eigenvalue weighted by Gasteiger charge is -2.39. The number of carbonyl (C=O) groups excluding carboxylic acids is 2. The predicted molar refractivity (Wildman–Crippen MR) is 85.0 cm³/mol. The van der Waals surface area contributed by atoms with Gasteiger partial charge in [-0.2, -0.15) is 0 Å². The average molecular weight is 300 g/mol. The molecule has 1 aromatic rings. The van der Waals surface area contributed by atoms with E-state index in [0.29, 0.717) is 13.1 Å². The standard InChI is InChI=1S/C18H24N2O2/c1-2-19-17(21)15-10-11-16(13-6-4-3-5-7-13)20(12-15)18(22)14-8-9-14/h3-7,14-16H,2,8-12H2,1H3,(H,19,21). The molecule has 0 spiro atoms. The summed E-state index contributed by atoms with van der Waals surface area (Å²) in [7, 11) is 0. The zero-order valence-corrected chi connectivity index (χ0v) is 13.1. The zero-order valence-electron chi connectivity index (χ0n) is 13.1. The molecule has 0 bridgehead atoms. The summed E-state index contributed by atoms with van der Waals surface area (Å²) in [6, 6.07) is 10.3. The highest BCUT2D eigenvalue weighted by atomic mass is 16.2. The highest BCUT2D eigenvalue weighted by Gasteiger charge is 2.41. The summed E-state index contributed by atoms with van der Waals surface area (Å²) in [6.07, 6.45) is 3.72. The third kappa shape index (κ3) is 3.16. The average Bonchev–Trinajstić information content (AvgIpc) is 3.39. The molecule has 1 heterocycles. The van der Waals surface area contributed by atoms with E-state index in [0.717, 1.165) is 25.7 Å². The van der Waals surface area contributed by atoms with E-state index in [2.05, 4.69) is 17.4 Å². The van der Waals surface area contributed by atoms with Crippen LogP contribution in [0.1, 0.15) is 44.2 Å². The van der Waals surface area contributed by atoms with Crippen molar-refractivity contribution in [3.63, 3.8) is 0 Å². The number of benzene rings is 1. The molecule has 1 N–H and O–H groups in total. The Morgan fingerprint density at radius 2 is 1.77 bits per heavy atom. The lowest BCUT2D eigenvalue weighted by molar-refractivity contribution is -0.140. The Morgan fingerprint density at radius 1 is 1.09 bits per heavy atom. The van der Waals surface area contributed by atoms with Gasteiger partial charge in [0.2, 0.25) is 11.8 Å². The molecule has 118 valence electrons. The summed E-state index contributed by atoms with van der Waals surface area (Å²) < 4.78 is 0. The van der Waals surface area contributed by atoms with Crippen LogP contribution in [0, 0.1) is 11.8 Å². The van der Waals surface area contributed by atoms with E-state index < -0.39 is 0 Å². The van der Waals surface area contributed by atoms with Gasteiger partial charge < -0.3 is 10.2 Å². The van der Waals surface area contributed by atoms with Crippen LogP contribution in [-0.2, 0) is 9.59 Å². The summed E-state index contributed by atoms with van der Waals surface area (Å²) in [5, 5.41) is 2.90. The van der Waals surface area contributed by atoms with Crippen LogP contribution in [0.5, 0.6) is 0 Å². The minimum absolute atomic E-state index is 0.0670. The molecular weight excluding hydrogens is 276 g/mol. The monoisotopic (exact) mass is 300 g/mol. The van der Waals surface area contributed by atoms with Crippen LogP contribution in [0.2, 0.25) is 0 Å². The van der Waals surface area contributed by atoms with Gasteiger partial charge in [-0.25, -0.2) is 0 Å². The molecule has 1 saturated heterocycles. The molecule has 2 atom stereocenters. The molecule has 1 aromatic carbocycles. The maximum atomic E-state index is 12.7. The number of carbonyl (C=O) groups is 2. The van der Waals surface area contributed by atoms with Gasteiger partial charge in [-0.3, -0.25) is 9.59 Å². The molecular formula is C18H24N2O2. The van der Waals surface area contributed by atoms with E-state index in [-0.39, 0.29) is 29.7 Å². The van der Waals surface area contributed by atoms with Crippen molar-refractivity contribution in [3.05, 3.63) is 35.9 Å². The number of hydrogen-bond acceptors (Lipinski definition) is 2. The van der Waals surface area contributed by atoms with Crippen molar-refractivity contribution in [2.75, 3.05) is 13.1 Å². The summed E-state index contributed by atoms with van der Waals surface area (Å²) in [6.45, 7) is 3.13. The Balaban J connectivity index is 1.78. The maximum Gasteiger partial charge on any atom is 0.226 e. The molecule has 1 saturated carbocycles. The summed E-state index contributed by atoms with van der Waals surface area (Å²) in [4.78, 5) is 26.8. The first-order valence-corrected chi connectivity index (χ1v) is 8.33. The number of likely N-dealkylation sites (tertiary alicyclic amines) is 1. The fourth-order valence-electron chi connectivity index (χ4n) is 3.33. The second-order valence-electron chi connectivity index (χ2n) is 6.36. The third-order valence-electron chi connectivity index (χ3n) is 4.70. The fourth-order valence-corrected chi connectivity index (χ4v) is 3.33. The van der Waals surface area contributed by atoms with Gasteiger partial charge in [0.15, 0.2) is 0 Å². The van der Waals surface area contributed by atoms with Crippen LogP contribution < -0.4 is 5.32 Å². The van der Waals surface area contributed by atoms with E-state index in [9.17, 15) is 9.59 Å². The molecule has 0 radical (unpaired) electrons.